The van der Waals surface area contributed by atoms with Crippen molar-refractivity contribution in [2.24, 2.45) is 11.3 Å². The molecule has 160 valence electrons. The summed E-state index contributed by atoms with van der Waals surface area (Å²) in [6.45, 7) is 7.60. The first kappa shape index (κ1) is 18.9. The van der Waals surface area contributed by atoms with E-state index in [1.54, 1.807) is 6.92 Å². The molecule has 0 N–H and O–H groups in total. The third-order valence-electron chi connectivity index (χ3n) is 10.2. The predicted octanol–water partition coefficient (Wildman–Crippen LogP) is 3.41. The van der Waals surface area contributed by atoms with Crippen LogP contribution in [0.3, 0.4) is 0 Å². The lowest BCUT2D eigenvalue weighted by molar-refractivity contribution is -0.955. The zero-order valence-electron chi connectivity index (χ0n) is 18.4. The second kappa shape index (κ2) is 5.67. The smallest absolute Gasteiger partial charge is 0.311 e. The van der Waals surface area contributed by atoms with Crippen LogP contribution >= 0.6 is 0 Å². The van der Waals surface area contributed by atoms with Gasteiger partial charge >= 0.3 is 5.97 Å². The van der Waals surface area contributed by atoms with Gasteiger partial charge in [0.15, 0.2) is 0 Å². The second-order valence-corrected chi connectivity index (χ2v) is 10.6. The number of quaternary nitrogens is 1. The van der Waals surface area contributed by atoms with Crippen LogP contribution < -0.4 is 4.90 Å². The summed E-state index contributed by atoms with van der Waals surface area (Å²) in [5.74, 6) is -0.281. The molecule has 1 amide bonds. The summed E-state index contributed by atoms with van der Waals surface area (Å²) >= 11 is 0. The maximum Gasteiger partial charge on any atom is 0.311 e. The number of fused-ring (bicyclic) bond motifs is 3. The normalized spacial score (nSPS) is 45.0. The Kier molecular flexibility index (Phi) is 3.56. The lowest BCUT2D eigenvalue weighted by Gasteiger charge is -2.70. The topological polar surface area (TPSA) is 46.6 Å². The van der Waals surface area contributed by atoms with Crippen molar-refractivity contribution in [1.82, 2.24) is 0 Å². The average Bonchev–Trinajstić information content (AvgIpc) is 3.26. The molecule has 2 saturated heterocycles. The van der Waals surface area contributed by atoms with Crippen LogP contribution in [0.1, 0.15) is 57.9 Å². The number of hydrogen-bond donors (Lipinski definition) is 0. The molecule has 6 aliphatic rings. The molecular formula is C25H33N2O3+. The standard InChI is InChI=1S/C25H33N2O3/c1-4-27-14-7-10-23-11-12-25(19(16-23)21(29)30-3)24(13-15-27,22(23)27)18-8-5-6-9-20(18)26(25)17(2)28/h5-6,8-9,19,22H,4,7,10-16H2,1-3H3/q+1/t19-,22-,23+,24+,25-,27-/m0/s1. The number of carbonyl (C=O) groups is 2. The minimum absolute atomic E-state index is 0.0694. The molecule has 0 radical (unpaired) electrons. The molecule has 3 saturated carbocycles. The van der Waals surface area contributed by atoms with E-state index in [4.69, 9.17) is 4.74 Å². The first-order valence-electron chi connectivity index (χ1n) is 11.8. The van der Waals surface area contributed by atoms with Gasteiger partial charge in [-0.25, -0.2) is 0 Å². The van der Waals surface area contributed by atoms with Crippen molar-refractivity contribution in [1.29, 1.82) is 0 Å². The van der Waals surface area contributed by atoms with Gasteiger partial charge < -0.3 is 14.1 Å². The number of piperidine rings is 1. The van der Waals surface area contributed by atoms with E-state index in [0.717, 1.165) is 37.9 Å². The Morgan fingerprint density at radius 2 is 1.97 bits per heavy atom. The first-order valence-corrected chi connectivity index (χ1v) is 11.8. The van der Waals surface area contributed by atoms with Crippen molar-refractivity contribution in [3.8, 4) is 0 Å². The Morgan fingerprint density at radius 1 is 1.17 bits per heavy atom. The number of rotatable bonds is 2. The fourth-order valence-corrected chi connectivity index (χ4v) is 9.73. The number of carbonyl (C=O) groups excluding carboxylic acids is 2. The van der Waals surface area contributed by atoms with Gasteiger partial charge in [0.25, 0.3) is 0 Å². The number of benzene rings is 1. The van der Waals surface area contributed by atoms with Gasteiger partial charge in [-0.2, -0.15) is 0 Å². The molecular weight excluding hydrogens is 376 g/mol. The van der Waals surface area contributed by atoms with E-state index in [2.05, 4.69) is 30.0 Å². The predicted molar refractivity (Wildman–Crippen MR) is 114 cm³/mol. The van der Waals surface area contributed by atoms with Gasteiger partial charge in [0, 0.05) is 24.4 Å². The Hall–Kier alpha value is -1.88. The van der Waals surface area contributed by atoms with Crippen LogP contribution in [0.5, 0.6) is 0 Å². The second-order valence-electron chi connectivity index (χ2n) is 10.6. The van der Waals surface area contributed by atoms with Crippen molar-refractivity contribution >= 4 is 17.6 Å². The molecule has 0 aromatic heterocycles. The summed E-state index contributed by atoms with van der Waals surface area (Å²) in [5.41, 5.74) is 1.96. The van der Waals surface area contributed by atoms with Crippen molar-refractivity contribution in [2.45, 2.75) is 69.4 Å². The Labute approximate surface area is 179 Å². The van der Waals surface area contributed by atoms with Gasteiger partial charge in [-0.15, -0.1) is 0 Å². The van der Waals surface area contributed by atoms with Gasteiger partial charge in [0.1, 0.15) is 6.04 Å². The number of nitrogens with zero attached hydrogens (tertiary/aromatic N) is 2. The first-order chi connectivity index (χ1) is 14.4. The van der Waals surface area contributed by atoms with E-state index in [-0.39, 0.29) is 28.6 Å². The third-order valence-corrected chi connectivity index (χ3v) is 10.2. The summed E-state index contributed by atoms with van der Waals surface area (Å²) in [6.07, 6.45) is 6.46. The van der Waals surface area contributed by atoms with Gasteiger partial charge in [0.05, 0.1) is 43.6 Å². The van der Waals surface area contributed by atoms with Crippen LogP contribution in [-0.4, -0.2) is 54.7 Å². The maximum absolute atomic E-state index is 13.3. The largest absolute Gasteiger partial charge is 0.469 e. The van der Waals surface area contributed by atoms with Gasteiger partial charge in [-0.1, -0.05) is 18.2 Å². The maximum atomic E-state index is 13.3. The number of para-hydroxylation sites is 1. The number of ether oxygens (including phenoxy) is 1. The summed E-state index contributed by atoms with van der Waals surface area (Å²) in [5, 5.41) is 0. The third kappa shape index (κ3) is 1.71. The Morgan fingerprint density at radius 3 is 2.70 bits per heavy atom. The fourth-order valence-electron chi connectivity index (χ4n) is 9.73. The Bertz CT molecular complexity index is 961. The minimum atomic E-state index is -0.478. The molecule has 30 heavy (non-hydrogen) atoms. The summed E-state index contributed by atoms with van der Waals surface area (Å²) in [7, 11) is 1.52. The summed E-state index contributed by atoms with van der Waals surface area (Å²) in [6, 6.07) is 9.08. The van der Waals surface area contributed by atoms with Crippen LogP contribution in [0, 0.1) is 11.3 Å². The van der Waals surface area contributed by atoms with E-state index in [1.165, 1.54) is 43.1 Å². The highest BCUT2D eigenvalue weighted by Gasteiger charge is 2.85. The molecule has 1 aromatic carbocycles. The van der Waals surface area contributed by atoms with Crippen molar-refractivity contribution in [3.63, 3.8) is 0 Å². The molecule has 3 spiro atoms. The fraction of sp³-hybridized carbons (Fsp3) is 0.680. The highest BCUT2D eigenvalue weighted by molar-refractivity contribution is 5.99. The number of methoxy groups -OCH3 is 1. The molecule has 5 heteroatoms. The highest BCUT2D eigenvalue weighted by atomic mass is 16.5. The SMILES string of the molecule is CC[N@+]12CCC[C@@]34CC[C@@]5([C@H](C(=O)OC)C3)N(C(C)=O)c3ccccc3[C@]5(CC1)[C@H]42. The number of esters is 1. The molecule has 0 unspecified atom stereocenters. The van der Waals surface area contributed by atoms with E-state index < -0.39 is 5.54 Å². The van der Waals surface area contributed by atoms with Crippen molar-refractivity contribution in [3.05, 3.63) is 29.8 Å². The van der Waals surface area contributed by atoms with E-state index in [0.29, 0.717) is 6.04 Å². The van der Waals surface area contributed by atoms with Crippen molar-refractivity contribution < 1.29 is 18.8 Å². The number of anilines is 1. The Balaban J connectivity index is 1.72. The van der Waals surface area contributed by atoms with Crippen LogP contribution in [-0.2, 0) is 19.7 Å². The van der Waals surface area contributed by atoms with E-state index in [1.807, 2.05) is 6.07 Å². The summed E-state index contributed by atoms with van der Waals surface area (Å²) < 4.78 is 6.60. The summed E-state index contributed by atoms with van der Waals surface area (Å²) in [4.78, 5) is 28.7. The lowest BCUT2D eigenvalue weighted by atomic mass is 9.38. The highest BCUT2D eigenvalue weighted by Crippen LogP contribution is 2.77. The number of hydrogen-bond acceptors (Lipinski definition) is 3. The van der Waals surface area contributed by atoms with Crippen LogP contribution in [0.2, 0.25) is 0 Å². The molecule has 3 aliphatic carbocycles. The van der Waals surface area contributed by atoms with Gasteiger partial charge in [-0.3, -0.25) is 9.59 Å². The average molecular weight is 410 g/mol. The van der Waals surface area contributed by atoms with E-state index >= 15 is 0 Å². The molecule has 6 atom stereocenters. The molecule has 3 aliphatic heterocycles. The van der Waals surface area contributed by atoms with Gasteiger partial charge in [-0.05, 0) is 50.7 Å². The molecule has 3 heterocycles. The molecule has 5 fully saturated rings. The molecule has 7 rings (SSSR count). The van der Waals surface area contributed by atoms with E-state index in [9.17, 15) is 9.59 Å². The number of likely N-dealkylation sites (N-methyl/N-ethyl adjacent to an activating group) is 1. The van der Waals surface area contributed by atoms with Gasteiger partial charge in [0.2, 0.25) is 5.91 Å². The monoisotopic (exact) mass is 409 g/mol. The molecule has 5 nitrogen and oxygen atoms in total. The van der Waals surface area contributed by atoms with Crippen molar-refractivity contribution in [2.75, 3.05) is 31.6 Å². The van der Waals surface area contributed by atoms with Crippen LogP contribution in [0.15, 0.2) is 24.3 Å². The molecule has 2 bridgehead atoms. The van der Waals surface area contributed by atoms with Crippen LogP contribution in [0.4, 0.5) is 5.69 Å². The minimum Gasteiger partial charge on any atom is -0.469 e. The zero-order chi connectivity index (χ0) is 20.9. The zero-order valence-corrected chi connectivity index (χ0v) is 18.4. The number of amides is 1. The lowest BCUT2D eigenvalue weighted by Crippen LogP contribution is -2.82. The molecule has 1 aromatic rings. The van der Waals surface area contributed by atoms with Crippen LogP contribution in [0.25, 0.3) is 0 Å². The quantitative estimate of drug-likeness (QED) is 0.556.